The van der Waals surface area contributed by atoms with Gasteiger partial charge in [-0.2, -0.15) is 5.26 Å². The minimum absolute atomic E-state index is 0.0158. The molecular formula is C18H15BrN2O3. The number of rotatable bonds is 5. The predicted molar refractivity (Wildman–Crippen MR) is 95.9 cm³/mol. The number of para-hydroxylation sites is 2. The van der Waals surface area contributed by atoms with Gasteiger partial charge in [0.25, 0.3) is 5.91 Å². The van der Waals surface area contributed by atoms with Gasteiger partial charge in [0.2, 0.25) is 0 Å². The molecule has 6 heteroatoms. The number of anilines is 1. The van der Waals surface area contributed by atoms with E-state index < -0.39 is 5.91 Å². The zero-order chi connectivity index (χ0) is 17.5. The maximum atomic E-state index is 12.3. The van der Waals surface area contributed by atoms with Crippen molar-refractivity contribution in [1.29, 1.82) is 5.26 Å². The van der Waals surface area contributed by atoms with E-state index in [1.807, 2.05) is 6.07 Å². The fraction of sp³-hybridized carbons (Fsp3) is 0.111. The van der Waals surface area contributed by atoms with Crippen LogP contribution in [0.15, 0.2) is 52.5 Å². The Kier molecular flexibility index (Phi) is 5.99. The molecule has 0 radical (unpaired) electrons. The van der Waals surface area contributed by atoms with Crippen LogP contribution in [-0.2, 0) is 4.79 Å². The number of nitrogens with one attached hydrogen (secondary N) is 1. The number of methoxy groups -OCH3 is 2. The number of benzene rings is 2. The van der Waals surface area contributed by atoms with E-state index in [2.05, 4.69) is 21.2 Å². The number of halogens is 1. The molecule has 2 aromatic rings. The summed E-state index contributed by atoms with van der Waals surface area (Å²) >= 11 is 3.37. The molecule has 122 valence electrons. The van der Waals surface area contributed by atoms with Crippen molar-refractivity contribution < 1.29 is 14.3 Å². The Hall–Kier alpha value is -2.78. The Morgan fingerprint density at radius 2 is 1.88 bits per heavy atom. The Morgan fingerprint density at radius 3 is 2.50 bits per heavy atom. The number of carbonyl (C=O) groups is 1. The maximum Gasteiger partial charge on any atom is 0.266 e. The summed E-state index contributed by atoms with van der Waals surface area (Å²) < 4.78 is 11.1. The first-order valence-corrected chi connectivity index (χ1v) is 7.78. The first-order valence-electron chi connectivity index (χ1n) is 6.98. The van der Waals surface area contributed by atoms with Crippen LogP contribution in [0.25, 0.3) is 6.08 Å². The quantitative estimate of drug-likeness (QED) is 0.622. The summed E-state index contributed by atoms with van der Waals surface area (Å²) in [6.07, 6.45) is 1.51. The third-order valence-electron chi connectivity index (χ3n) is 3.21. The zero-order valence-corrected chi connectivity index (χ0v) is 14.8. The fourth-order valence-electron chi connectivity index (χ4n) is 2.03. The number of nitriles is 1. The lowest BCUT2D eigenvalue weighted by molar-refractivity contribution is -0.112. The highest BCUT2D eigenvalue weighted by Crippen LogP contribution is 2.27. The first-order chi connectivity index (χ1) is 11.6. The lowest BCUT2D eigenvalue weighted by Gasteiger charge is -2.09. The van der Waals surface area contributed by atoms with Gasteiger partial charge in [0.1, 0.15) is 23.1 Å². The summed E-state index contributed by atoms with van der Waals surface area (Å²) in [5.41, 5.74) is 1.19. The second-order valence-corrected chi connectivity index (χ2v) is 5.57. The van der Waals surface area contributed by atoms with Crippen LogP contribution in [0.2, 0.25) is 0 Å². The molecule has 0 heterocycles. The second kappa shape index (κ2) is 8.18. The van der Waals surface area contributed by atoms with Crippen molar-refractivity contribution in [3.8, 4) is 17.6 Å². The van der Waals surface area contributed by atoms with E-state index in [0.717, 1.165) is 4.47 Å². The van der Waals surface area contributed by atoms with E-state index in [1.54, 1.807) is 49.6 Å². The molecular weight excluding hydrogens is 372 g/mol. The van der Waals surface area contributed by atoms with Gasteiger partial charge in [-0.1, -0.05) is 18.2 Å². The Bertz CT molecular complexity index is 825. The van der Waals surface area contributed by atoms with Gasteiger partial charge in [0.15, 0.2) is 0 Å². The molecule has 0 aliphatic heterocycles. The van der Waals surface area contributed by atoms with Crippen molar-refractivity contribution in [2.75, 3.05) is 19.5 Å². The van der Waals surface area contributed by atoms with Crippen LogP contribution in [-0.4, -0.2) is 20.1 Å². The van der Waals surface area contributed by atoms with Crippen LogP contribution in [0, 0.1) is 11.3 Å². The largest absolute Gasteiger partial charge is 0.496 e. The third-order valence-corrected chi connectivity index (χ3v) is 3.83. The van der Waals surface area contributed by atoms with Crippen molar-refractivity contribution in [2.45, 2.75) is 0 Å². The molecule has 0 unspecified atom stereocenters. The molecule has 24 heavy (non-hydrogen) atoms. The molecule has 1 N–H and O–H groups in total. The van der Waals surface area contributed by atoms with Gasteiger partial charge in [-0.3, -0.25) is 4.79 Å². The number of amides is 1. The van der Waals surface area contributed by atoms with Crippen LogP contribution < -0.4 is 14.8 Å². The molecule has 0 aliphatic rings. The lowest BCUT2D eigenvalue weighted by atomic mass is 10.1. The molecule has 0 atom stereocenters. The highest BCUT2D eigenvalue weighted by Gasteiger charge is 2.12. The highest BCUT2D eigenvalue weighted by atomic mass is 79.9. The van der Waals surface area contributed by atoms with Gasteiger partial charge in [0, 0.05) is 0 Å². The number of carbonyl (C=O) groups excluding carboxylic acids is 1. The summed E-state index contributed by atoms with van der Waals surface area (Å²) in [6.45, 7) is 0. The Morgan fingerprint density at radius 1 is 1.17 bits per heavy atom. The summed E-state index contributed by atoms with van der Waals surface area (Å²) in [5.74, 6) is 0.688. The maximum absolute atomic E-state index is 12.3. The standard InChI is InChI=1S/C18H15BrN2O3/c1-23-16-8-7-12(10-14(16)19)9-13(11-20)18(22)21-15-5-3-4-6-17(15)24-2/h3-10H,1-2H3,(H,21,22)/b13-9+. The molecule has 0 aromatic heterocycles. The minimum atomic E-state index is -0.506. The number of ether oxygens (including phenoxy) is 2. The van der Waals surface area contributed by atoms with E-state index in [-0.39, 0.29) is 5.57 Å². The third kappa shape index (κ3) is 4.15. The molecule has 1 amide bonds. The van der Waals surface area contributed by atoms with Crippen LogP contribution >= 0.6 is 15.9 Å². The smallest absolute Gasteiger partial charge is 0.266 e. The Labute approximate surface area is 148 Å². The Balaban J connectivity index is 2.26. The average molecular weight is 387 g/mol. The first kappa shape index (κ1) is 17.6. The molecule has 2 rings (SSSR count). The van der Waals surface area contributed by atoms with E-state index in [0.29, 0.717) is 22.7 Å². The predicted octanol–water partition coefficient (Wildman–Crippen LogP) is 4.01. The van der Waals surface area contributed by atoms with Crippen molar-refractivity contribution in [1.82, 2.24) is 0 Å². The number of hydrogen-bond acceptors (Lipinski definition) is 4. The summed E-state index contributed by atoms with van der Waals surface area (Å²) in [5, 5.41) is 12.0. The summed E-state index contributed by atoms with van der Waals surface area (Å²) in [7, 11) is 3.08. The van der Waals surface area contributed by atoms with Crippen LogP contribution in [0.5, 0.6) is 11.5 Å². The van der Waals surface area contributed by atoms with Gasteiger partial charge < -0.3 is 14.8 Å². The van der Waals surface area contributed by atoms with Crippen LogP contribution in [0.1, 0.15) is 5.56 Å². The molecule has 0 aliphatic carbocycles. The number of nitrogens with zero attached hydrogens (tertiary/aromatic N) is 1. The molecule has 0 saturated carbocycles. The molecule has 0 saturated heterocycles. The summed E-state index contributed by atoms with van der Waals surface area (Å²) in [4.78, 5) is 12.3. The van der Waals surface area contributed by atoms with Gasteiger partial charge >= 0.3 is 0 Å². The lowest BCUT2D eigenvalue weighted by Crippen LogP contribution is -2.14. The molecule has 0 fully saturated rings. The molecule has 0 spiro atoms. The zero-order valence-electron chi connectivity index (χ0n) is 13.2. The van der Waals surface area contributed by atoms with E-state index in [9.17, 15) is 10.1 Å². The van der Waals surface area contributed by atoms with E-state index >= 15 is 0 Å². The van der Waals surface area contributed by atoms with Crippen molar-refractivity contribution in [3.63, 3.8) is 0 Å². The van der Waals surface area contributed by atoms with Crippen LogP contribution in [0.4, 0.5) is 5.69 Å². The normalized spacial score (nSPS) is 10.7. The van der Waals surface area contributed by atoms with Gasteiger partial charge in [-0.25, -0.2) is 0 Å². The van der Waals surface area contributed by atoms with Crippen molar-refractivity contribution >= 4 is 33.6 Å². The van der Waals surface area contributed by atoms with Crippen molar-refractivity contribution in [2.24, 2.45) is 0 Å². The van der Waals surface area contributed by atoms with Crippen LogP contribution in [0.3, 0.4) is 0 Å². The second-order valence-electron chi connectivity index (χ2n) is 4.72. The van der Waals surface area contributed by atoms with Gasteiger partial charge in [0.05, 0.1) is 24.4 Å². The van der Waals surface area contributed by atoms with Gasteiger partial charge in [-0.05, 0) is 51.8 Å². The van der Waals surface area contributed by atoms with Crippen molar-refractivity contribution in [3.05, 3.63) is 58.1 Å². The van der Waals surface area contributed by atoms with E-state index in [1.165, 1.54) is 13.2 Å². The molecule has 5 nitrogen and oxygen atoms in total. The van der Waals surface area contributed by atoms with E-state index in [4.69, 9.17) is 9.47 Å². The highest BCUT2D eigenvalue weighted by molar-refractivity contribution is 9.10. The summed E-state index contributed by atoms with van der Waals surface area (Å²) in [6, 6.07) is 14.2. The SMILES string of the molecule is COc1ccc(/C=C(\C#N)C(=O)Nc2ccccc2OC)cc1Br. The minimum Gasteiger partial charge on any atom is -0.496 e. The fourth-order valence-corrected chi connectivity index (χ4v) is 2.58. The number of hydrogen-bond donors (Lipinski definition) is 1. The monoisotopic (exact) mass is 386 g/mol. The molecule has 0 bridgehead atoms. The molecule has 2 aromatic carbocycles. The van der Waals surface area contributed by atoms with Gasteiger partial charge in [-0.15, -0.1) is 0 Å². The topological polar surface area (TPSA) is 71.3 Å². The average Bonchev–Trinajstić information content (AvgIpc) is 2.60.